The van der Waals surface area contributed by atoms with Crippen LogP contribution in [0.3, 0.4) is 0 Å². The number of rotatable bonds is 6. The highest BCUT2D eigenvalue weighted by molar-refractivity contribution is 5.21. The number of aliphatic hydroxyl groups is 1. The summed E-state index contributed by atoms with van der Waals surface area (Å²) in [6, 6.07) is 6.60. The Labute approximate surface area is 143 Å². The molecule has 0 bridgehead atoms. The number of nitrogens with zero attached hydrogens (tertiary/aromatic N) is 2. The maximum atomic E-state index is 13.2. The Bertz CT molecular complexity index is 656. The molecule has 2 unspecified atom stereocenters. The van der Waals surface area contributed by atoms with Gasteiger partial charge in [-0.3, -0.25) is 4.68 Å². The molecule has 0 fully saturated rings. The molecule has 2 atom stereocenters. The van der Waals surface area contributed by atoms with Gasteiger partial charge < -0.3 is 10.4 Å². The summed E-state index contributed by atoms with van der Waals surface area (Å²) < 4.78 is 14.9. The van der Waals surface area contributed by atoms with Crippen molar-refractivity contribution >= 4 is 0 Å². The molecule has 0 radical (unpaired) electrons. The highest BCUT2D eigenvalue weighted by Crippen LogP contribution is 2.30. The number of aromatic nitrogens is 2. The Morgan fingerprint density at radius 3 is 2.33 bits per heavy atom. The van der Waals surface area contributed by atoms with E-state index in [0.29, 0.717) is 6.54 Å². The lowest BCUT2D eigenvalue weighted by atomic mass is 9.85. The van der Waals surface area contributed by atoms with Crippen LogP contribution in [0.5, 0.6) is 0 Å². The summed E-state index contributed by atoms with van der Waals surface area (Å²) in [6.07, 6.45) is 4.37. The summed E-state index contributed by atoms with van der Waals surface area (Å²) >= 11 is 0. The molecule has 4 nitrogen and oxygen atoms in total. The highest BCUT2D eigenvalue weighted by Gasteiger charge is 2.27. The van der Waals surface area contributed by atoms with Crippen molar-refractivity contribution in [3.8, 4) is 0 Å². The second-order valence-corrected chi connectivity index (χ2v) is 7.93. The van der Waals surface area contributed by atoms with E-state index in [4.69, 9.17) is 0 Å². The van der Waals surface area contributed by atoms with E-state index in [0.717, 1.165) is 17.5 Å². The molecule has 1 aromatic carbocycles. The van der Waals surface area contributed by atoms with Crippen molar-refractivity contribution in [3.63, 3.8) is 0 Å². The lowest BCUT2D eigenvalue weighted by Crippen LogP contribution is -2.38. The van der Waals surface area contributed by atoms with E-state index < -0.39 is 5.60 Å². The molecule has 1 aromatic heterocycles. The van der Waals surface area contributed by atoms with E-state index in [1.807, 2.05) is 13.2 Å². The van der Waals surface area contributed by atoms with Crippen molar-refractivity contribution in [2.75, 3.05) is 6.54 Å². The summed E-state index contributed by atoms with van der Waals surface area (Å²) in [6.45, 7) is 8.67. The third-order valence-corrected chi connectivity index (χ3v) is 4.11. The van der Waals surface area contributed by atoms with E-state index in [1.54, 1.807) is 29.9 Å². The summed E-state index contributed by atoms with van der Waals surface area (Å²) in [5.41, 5.74) is 0.871. The topological polar surface area (TPSA) is 50.1 Å². The first kappa shape index (κ1) is 18.6. The van der Waals surface area contributed by atoms with Gasteiger partial charge in [-0.05, 0) is 36.5 Å². The largest absolute Gasteiger partial charge is 0.384 e. The van der Waals surface area contributed by atoms with Gasteiger partial charge in [-0.15, -0.1) is 0 Å². The Balaban J connectivity index is 2.14. The van der Waals surface area contributed by atoms with E-state index in [2.05, 4.69) is 31.2 Å². The first-order chi connectivity index (χ1) is 11.1. The van der Waals surface area contributed by atoms with Gasteiger partial charge in [0, 0.05) is 31.4 Å². The highest BCUT2D eigenvalue weighted by atomic mass is 19.1. The van der Waals surface area contributed by atoms with Crippen LogP contribution in [0.1, 0.15) is 51.3 Å². The van der Waals surface area contributed by atoms with E-state index in [9.17, 15) is 9.50 Å². The minimum atomic E-state index is -1.02. The Morgan fingerprint density at radius 2 is 1.83 bits per heavy atom. The lowest BCUT2D eigenvalue weighted by Gasteiger charge is -2.31. The zero-order valence-electron chi connectivity index (χ0n) is 15.2. The van der Waals surface area contributed by atoms with Gasteiger partial charge in [-0.2, -0.15) is 5.10 Å². The molecule has 0 amide bonds. The monoisotopic (exact) mass is 333 g/mol. The van der Waals surface area contributed by atoms with Crippen molar-refractivity contribution in [3.05, 3.63) is 53.6 Å². The fourth-order valence-electron chi connectivity index (χ4n) is 2.74. The number of aryl methyl sites for hydroxylation is 1. The summed E-state index contributed by atoms with van der Waals surface area (Å²) in [5, 5.41) is 18.3. The maximum absolute atomic E-state index is 13.2. The van der Waals surface area contributed by atoms with Crippen LogP contribution < -0.4 is 5.32 Å². The van der Waals surface area contributed by atoms with E-state index in [1.165, 1.54) is 12.1 Å². The molecule has 0 aliphatic carbocycles. The Hall–Kier alpha value is -1.72. The van der Waals surface area contributed by atoms with Crippen LogP contribution in [0.2, 0.25) is 0 Å². The second kappa shape index (κ2) is 7.03. The van der Waals surface area contributed by atoms with Crippen molar-refractivity contribution in [2.24, 2.45) is 12.5 Å². The van der Waals surface area contributed by atoms with Crippen molar-refractivity contribution in [1.82, 2.24) is 15.1 Å². The zero-order valence-corrected chi connectivity index (χ0v) is 15.2. The lowest BCUT2D eigenvalue weighted by molar-refractivity contribution is 0.0518. The molecule has 2 N–H and O–H groups in total. The second-order valence-electron chi connectivity index (χ2n) is 7.93. The van der Waals surface area contributed by atoms with Gasteiger partial charge in [0.2, 0.25) is 0 Å². The normalized spacial score (nSPS) is 16.0. The van der Waals surface area contributed by atoms with Crippen molar-refractivity contribution in [1.29, 1.82) is 0 Å². The van der Waals surface area contributed by atoms with Gasteiger partial charge in [0.15, 0.2) is 0 Å². The number of nitrogens with one attached hydrogen (secondary N) is 1. The maximum Gasteiger partial charge on any atom is 0.123 e. The molecule has 0 aliphatic rings. The summed E-state index contributed by atoms with van der Waals surface area (Å²) in [4.78, 5) is 0. The molecular weight excluding hydrogens is 305 g/mol. The average Bonchev–Trinajstić information content (AvgIpc) is 2.91. The standard InChI is InChI=1S/C19H28FN3O/c1-18(2,3)10-17(14-6-8-16(20)9-7-14)21-13-19(4,24)15-11-22-23(5)12-15/h6-9,11-12,17,21,24H,10,13H2,1-5H3. The minimum Gasteiger partial charge on any atom is -0.384 e. The minimum absolute atomic E-state index is 0.0359. The van der Waals surface area contributed by atoms with Gasteiger partial charge in [0.1, 0.15) is 11.4 Å². The van der Waals surface area contributed by atoms with Crippen LogP contribution in [0.25, 0.3) is 0 Å². The predicted octanol–water partition coefficient (Wildman–Crippen LogP) is 3.53. The van der Waals surface area contributed by atoms with Crippen LogP contribution in [0.4, 0.5) is 4.39 Å². The molecular formula is C19H28FN3O. The molecule has 24 heavy (non-hydrogen) atoms. The molecule has 5 heteroatoms. The Kier molecular flexibility index (Phi) is 5.45. The quantitative estimate of drug-likeness (QED) is 0.850. The number of hydrogen-bond acceptors (Lipinski definition) is 3. The van der Waals surface area contributed by atoms with Crippen LogP contribution >= 0.6 is 0 Å². The van der Waals surface area contributed by atoms with Crippen LogP contribution in [-0.4, -0.2) is 21.4 Å². The van der Waals surface area contributed by atoms with Gasteiger partial charge >= 0.3 is 0 Å². The van der Waals surface area contributed by atoms with Crippen LogP contribution in [0.15, 0.2) is 36.7 Å². The third-order valence-electron chi connectivity index (χ3n) is 4.11. The molecule has 0 saturated heterocycles. The number of benzene rings is 1. The van der Waals surface area contributed by atoms with Gasteiger partial charge in [-0.25, -0.2) is 4.39 Å². The number of hydrogen-bond donors (Lipinski definition) is 2. The fourth-order valence-corrected chi connectivity index (χ4v) is 2.74. The molecule has 0 aliphatic heterocycles. The number of halogens is 1. The smallest absolute Gasteiger partial charge is 0.123 e. The summed E-state index contributed by atoms with van der Waals surface area (Å²) in [5.74, 6) is -0.240. The van der Waals surface area contributed by atoms with Crippen molar-refractivity contribution < 1.29 is 9.50 Å². The zero-order chi connectivity index (χ0) is 18.0. The van der Waals surface area contributed by atoms with Gasteiger partial charge in [0.05, 0.1) is 6.20 Å². The molecule has 1 heterocycles. The molecule has 2 rings (SSSR count). The third kappa shape index (κ3) is 5.14. The van der Waals surface area contributed by atoms with Gasteiger partial charge in [0.25, 0.3) is 0 Å². The predicted molar refractivity (Wildman–Crippen MR) is 94.0 cm³/mol. The molecule has 0 spiro atoms. The first-order valence-electron chi connectivity index (χ1n) is 8.27. The van der Waals surface area contributed by atoms with Gasteiger partial charge in [-0.1, -0.05) is 32.9 Å². The fraction of sp³-hybridized carbons (Fsp3) is 0.526. The first-order valence-corrected chi connectivity index (χ1v) is 8.27. The van der Waals surface area contributed by atoms with Crippen LogP contribution in [0, 0.1) is 11.2 Å². The van der Waals surface area contributed by atoms with E-state index in [-0.39, 0.29) is 17.3 Å². The average molecular weight is 333 g/mol. The Morgan fingerprint density at radius 1 is 1.21 bits per heavy atom. The molecule has 132 valence electrons. The molecule has 2 aromatic rings. The van der Waals surface area contributed by atoms with E-state index >= 15 is 0 Å². The SMILES string of the molecule is Cn1cc(C(C)(O)CNC(CC(C)(C)C)c2ccc(F)cc2)cn1. The summed E-state index contributed by atoms with van der Waals surface area (Å²) in [7, 11) is 1.83. The molecule has 0 saturated carbocycles. The van der Waals surface area contributed by atoms with Crippen molar-refractivity contribution in [2.45, 2.75) is 45.8 Å². The van der Waals surface area contributed by atoms with Crippen LogP contribution in [-0.2, 0) is 12.6 Å².